The van der Waals surface area contributed by atoms with Crippen molar-refractivity contribution in [2.75, 3.05) is 11.1 Å². The van der Waals surface area contributed by atoms with Gasteiger partial charge in [-0.2, -0.15) is 23.7 Å². The van der Waals surface area contributed by atoms with Gasteiger partial charge in [-0.3, -0.25) is 0 Å². The molecule has 11 heteroatoms. The van der Waals surface area contributed by atoms with Gasteiger partial charge in [0.05, 0.1) is 0 Å². The first kappa shape index (κ1) is 17.8. The number of halogens is 4. The van der Waals surface area contributed by atoms with Gasteiger partial charge in [0.1, 0.15) is 5.69 Å². The van der Waals surface area contributed by atoms with E-state index in [9.17, 15) is 17.6 Å². The van der Waals surface area contributed by atoms with Gasteiger partial charge >= 0.3 is 0 Å². The van der Waals surface area contributed by atoms with Crippen LogP contribution in [0.25, 0.3) is 11.5 Å². The third-order valence-electron chi connectivity index (χ3n) is 3.81. The van der Waals surface area contributed by atoms with Crippen LogP contribution in [-0.4, -0.2) is 31.9 Å². The first-order valence-electron chi connectivity index (χ1n) is 7.62. The van der Waals surface area contributed by atoms with E-state index in [2.05, 4.69) is 25.3 Å². The number of alkyl halides is 4. The maximum absolute atomic E-state index is 13.3. The van der Waals surface area contributed by atoms with Gasteiger partial charge in [-0.1, -0.05) is 0 Å². The number of nitrogens with two attached hydrogens (primary N) is 1. The summed E-state index contributed by atoms with van der Waals surface area (Å²) in [5.74, 6) is -5.62. The second-order valence-electron chi connectivity index (χ2n) is 6.04. The molecule has 136 valence electrons. The second-order valence-corrected chi connectivity index (χ2v) is 6.90. The Hall–Kier alpha value is -2.04. The van der Waals surface area contributed by atoms with E-state index >= 15 is 0 Å². The number of nitrogens with one attached hydrogen (secondary N) is 1. The predicted octanol–water partition coefficient (Wildman–Crippen LogP) is 3.68. The lowest BCUT2D eigenvalue weighted by Crippen LogP contribution is -2.32. The molecular formula is C14H16F4N6S. The van der Waals surface area contributed by atoms with Crippen molar-refractivity contribution in [2.45, 2.75) is 50.5 Å². The minimum Gasteiger partial charge on any atom is -0.368 e. The van der Waals surface area contributed by atoms with Gasteiger partial charge in [0.15, 0.2) is 10.8 Å². The molecule has 0 spiro atoms. The Bertz CT molecular complexity index is 750. The summed E-state index contributed by atoms with van der Waals surface area (Å²) in [6.45, 7) is 0.753. The van der Waals surface area contributed by atoms with E-state index < -0.39 is 11.8 Å². The second kappa shape index (κ2) is 6.36. The number of hydrogen-bond acceptors (Lipinski definition) is 7. The summed E-state index contributed by atoms with van der Waals surface area (Å²) < 4.78 is 53.0. The fraction of sp³-hybridized carbons (Fsp3) is 0.571. The van der Waals surface area contributed by atoms with Gasteiger partial charge in [-0.25, -0.2) is 13.8 Å². The molecular weight excluding hydrogens is 360 g/mol. The zero-order chi connectivity index (χ0) is 18.2. The summed E-state index contributed by atoms with van der Waals surface area (Å²) in [5.41, 5.74) is 5.80. The van der Waals surface area contributed by atoms with Crippen molar-refractivity contribution in [3.05, 3.63) is 10.4 Å². The van der Waals surface area contributed by atoms with Crippen LogP contribution in [0.15, 0.2) is 5.38 Å². The molecule has 0 aromatic carbocycles. The number of thiazole rings is 1. The molecule has 0 aliphatic heterocycles. The Kier molecular flexibility index (Phi) is 4.52. The van der Waals surface area contributed by atoms with Gasteiger partial charge in [0.25, 0.3) is 5.92 Å². The summed E-state index contributed by atoms with van der Waals surface area (Å²) >= 11 is 0.792. The van der Waals surface area contributed by atoms with Crippen LogP contribution in [0.4, 0.5) is 29.5 Å². The Morgan fingerprint density at radius 2 is 1.88 bits per heavy atom. The number of rotatable bonds is 4. The first-order chi connectivity index (χ1) is 11.6. The molecule has 0 bridgehead atoms. The van der Waals surface area contributed by atoms with E-state index in [0.29, 0.717) is 0 Å². The van der Waals surface area contributed by atoms with Crippen molar-refractivity contribution < 1.29 is 17.6 Å². The summed E-state index contributed by atoms with van der Waals surface area (Å²) in [5, 5.41) is 4.01. The molecule has 2 aromatic heterocycles. The number of anilines is 2. The maximum Gasteiger partial charge on any atom is 0.296 e. The Morgan fingerprint density at radius 3 is 2.48 bits per heavy atom. The lowest BCUT2D eigenvalue weighted by Gasteiger charge is -2.28. The number of aromatic nitrogens is 4. The van der Waals surface area contributed by atoms with Gasteiger partial charge in [-0.15, -0.1) is 11.3 Å². The lowest BCUT2D eigenvalue weighted by atomic mass is 9.92. The van der Waals surface area contributed by atoms with Crippen molar-refractivity contribution in [1.82, 2.24) is 19.9 Å². The van der Waals surface area contributed by atoms with Crippen molar-refractivity contribution in [3.8, 4) is 11.5 Å². The quantitative estimate of drug-likeness (QED) is 0.792. The topological polar surface area (TPSA) is 89.6 Å². The normalized spacial score (nSPS) is 18.3. The van der Waals surface area contributed by atoms with Crippen LogP contribution in [0.2, 0.25) is 0 Å². The van der Waals surface area contributed by atoms with Gasteiger partial charge in [0, 0.05) is 31.2 Å². The summed E-state index contributed by atoms with van der Waals surface area (Å²) in [6, 6.07) is -0.208. The van der Waals surface area contributed by atoms with E-state index in [1.807, 2.05) is 0 Å². The minimum absolute atomic E-state index is 0.0582. The van der Waals surface area contributed by atoms with Crippen molar-refractivity contribution in [2.24, 2.45) is 0 Å². The van der Waals surface area contributed by atoms with Crippen LogP contribution >= 0.6 is 11.3 Å². The molecule has 2 aromatic rings. The number of hydrogen-bond donors (Lipinski definition) is 2. The Morgan fingerprint density at radius 1 is 1.20 bits per heavy atom. The highest BCUT2D eigenvalue weighted by Crippen LogP contribution is 2.34. The average molecular weight is 376 g/mol. The third kappa shape index (κ3) is 4.33. The molecule has 1 fully saturated rings. The highest BCUT2D eigenvalue weighted by Gasteiger charge is 2.35. The molecule has 0 saturated heterocycles. The molecule has 2 heterocycles. The van der Waals surface area contributed by atoms with E-state index in [1.54, 1.807) is 0 Å². The minimum atomic E-state index is -3.06. The van der Waals surface area contributed by atoms with Crippen LogP contribution in [0.5, 0.6) is 0 Å². The van der Waals surface area contributed by atoms with Crippen LogP contribution in [0.1, 0.15) is 37.6 Å². The van der Waals surface area contributed by atoms with E-state index in [0.717, 1.165) is 18.3 Å². The van der Waals surface area contributed by atoms with Crippen molar-refractivity contribution >= 4 is 23.2 Å². The zero-order valence-corrected chi connectivity index (χ0v) is 14.1. The highest BCUT2D eigenvalue weighted by atomic mass is 32.1. The summed E-state index contributed by atoms with van der Waals surface area (Å²) in [6.07, 6.45) is 0.131. The fourth-order valence-electron chi connectivity index (χ4n) is 2.52. The van der Waals surface area contributed by atoms with Crippen molar-refractivity contribution in [1.29, 1.82) is 0 Å². The molecule has 0 unspecified atom stereocenters. The molecule has 6 nitrogen and oxygen atoms in total. The number of nitrogens with zero attached hydrogens (tertiary/aromatic N) is 4. The highest BCUT2D eigenvalue weighted by molar-refractivity contribution is 7.10. The molecule has 0 atom stereocenters. The molecule has 0 radical (unpaired) electrons. The molecule has 25 heavy (non-hydrogen) atoms. The smallest absolute Gasteiger partial charge is 0.296 e. The van der Waals surface area contributed by atoms with Crippen LogP contribution < -0.4 is 11.1 Å². The van der Waals surface area contributed by atoms with Crippen LogP contribution in [0, 0.1) is 0 Å². The molecule has 1 saturated carbocycles. The molecule has 3 N–H and O–H groups in total. The summed E-state index contributed by atoms with van der Waals surface area (Å²) in [7, 11) is 0. The van der Waals surface area contributed by atoms with Crippen molar-refractivity contribution in [3.63, 3.8) is 0 Å². The average Bonchev–Trinajstić information content (AvgIpc) is 2.99. The van der Waals surface area contributed by atoms with E-state index in [4.69, 9.17) is 5.73 Å². The molecule has 3 rings (SSSR count). The van der Waals surface area contributed by atoms with Crippen LogP contribution in [-0.2, 0) is 5.92 Å². The SMILES string of the molecule is CC(F)(F)c1nc(-c2nc(N)nc(NC3CCC(F)(F)CC3)n2)cs1. The van der Waals surface area contributed by atoms with Gasteiger partial charge in [-0.05, 0) is 12.8 Å². The Labute approximate surface area is 144 Å². The molecule has 0 amide bonds. The monoisotopic (exact) mass is 376 g/mol. The largest absolute Gasteiger partial charge is 0.368 e. The summed E-state index contributed by atoms with van der Waals surface area (Å²) in [4.78, 5) is 15.8. The first-order valence-corrected chi connectivity index (χ1v) is 8.50. The zero-order valence-electron chi connectivity index (χ0n) is 13.3. The fourth-order valence-corrected chi connectivity index (χ4v) is 3.26. The van der Waals surface area contributed by atoms with E-state index in [1.165, 1.54) is 5.38 Å². The predicted molar refractivity (Wildman–Crippen MR) is 85.7 cm³/mol. The standard InChI is InChI=1S/C14H16F4N6S/c1-13(15,16)10-21-8(6-25-10)9-22-11(19)24-12(23-9)20-7-2-4-14(17,18)5-3-7/h6-7H,2-5H2,1H3,(H3,19,20,22,23,24). The van der Waals surface area contributed by atoms with E-state index in [-0.39, 0.29) is 60.1 Å². The van der Waals surface area contributed by atoms with Gasteiger partial charge < -0.3 is 11.1 Å². The maximum atomic E-state index is 13.3. The Balaban J connectivity index is 1.78. The lowest BCUT2D eigenvalue weighted by molar-refractivity contribution is -0.0361. The number of nitrogen functional groups attached to an aromatic ring is 1. The third-order valence-corrected chi connectivity index (χ3v) is 4.83. The van der Waals surface area contributed by atoms with Gasteiger partial charge in [0.2, 0.25) is 17.8 Å². The molecule has 1 aliphatic carbocycles. The van der Waals surface area contributed by atoms with Crippen LogP contribution in [0.3, 0.4) is 0 Å². The molecule has 1 aliphatic rings.